The van der Waals surface area contributed by atoms with Crippen LogP contribution in [-0.4, -0.2) is 6.10 Å². The third kappa shape index (κ3) is 6.10. The molecule has 0 radical (unpaired) electrons. The van der Waals surface area contributed by atoms with Crippen LogP contribution in [0, 0.1) is 17.8 Å². The molecule has 23 heavy (non-hydrogen) atoms. The molecule has 0 unspecified atom stereocenters. The Morgan fingerprint density at radius 3 is 2.65 bits per heavy atom. The molecule has 3 atom stereocenters. The molecular formula is C21H30OS. The second-order valence-corrected chi connectivity index (χ2v) is 8.04. The van der Waals surface area contributed by atoms with Gasteiger partial charge in [-0.1, -0.05) is 57.2 Å². The molecule has 0 spiro atoms. The van der Waals surface area contributed by atoms with Gasteiger partial charge in [-0.2, -0.15) is 0 Å². The Kier molecular flexibility index (Phi) is 7.29. The fourth-order valence-electron chi connectivity index (χ4n) is 3.22. The van der Waals surface area contributed by atoms with Crippen LogP contribution >= 0.6 is 11.8 Å². The second-order valence-electron chi connectivity index (χ2n) is 7.10. The van der Waals surface area contributed by atoms with Crippen molar-refractivity contribution in [2.45, 2.75) is 58.0 Å². The zero-order valence-electron chi connectivity index (χ0n) is 14.9. The Bertz CT molecular complexity index is 518. The fourth-order valence-corrected chi connectivity index (χ4v) is 3.93. The Labute approximate surface area is 146 Å². The Balaban J connectivity index is 1.86. The number of thioether (sulfide) groups is 1. The first-order chi connectivity index (χ1) is 11.1. The number of hydrogen-bond acceptors (Lipinski definition) is 2. The quantitative estimate of drug-likeness (QED) is 0.327. The molecule has 1 nitrogen and oxygen atoms in total. The lowest BCUT2D eigenvalue weighted by Crippen LogP contribution is -2.33. The zero-order chi connectivity index (χ0) is 16.7. The van der Waals surface area contributed by atoms with Crippen LogP contribution in [0.1, 0.15) is 47.0 Å². The van der Waals surface area contributed by atoms with E-state index in [-0.39, 0.29) is 0 Å². The van der Waals surface area contributed by atoms with E-state index in [0.717, 1.165) is 5.92 Å². The van der Waals surface area contributed by atoms with Crippen LogP contribution in [0.2, 0.25) is 0 Å². The van der Waals surface area contributed by atoms with Gasteiger partial charge in [0, 0.05) is 4.90 Å². The number of allylic oxidation sites excluding steroid dienone is 2. The summed E-state index contributed by atoms with van der Waals surface area (Å²) in [6.45, 7) is 9.11. The molecule has 1 fully saturated rings. The minimum absolute atomic E-state index is 0.379. The molecule has 0 amide bonds. The van der Waals surface area contributed by atoms with Crippen LogP contribution in [0.5, 0.6) is 0 Å². The summed E-state index contributed by atoms with van der Waals surface area (Å²) >= 11 is 1.75. The van der Waals surface area contributed by atoms with Gasteiger partial charge in [0.2, 0.25) is 0 Å². The van der Waals surface area contributed by atoms with E-state index in [4.69, 9.17) is 4.74 Å². The van der Waals surface area contributed by atoms with Crippen molar-refractivity contribution < 1.29 is 4.74 Å². The van der Waals surface area contributed by atoms with Crippen molar-refractivity contribution in [1.82, 2.24) is 0 Å². The first-order valence-electron chi connectivity index (χ1n) is 8.76. The van der Waals surface area contributed by atoms with Crippen LogP contribution in [0.4, 0.5) is 0 Å². The molecule has 126 valence electrons. The standard InChI is InChI=1S/C21H30OS/c1-16(2)20-11-10-17(3)14-21(20)22-13-12-18(4)15-23-19-8-6-5-7-9-19/h5-9,12-13,15-17,20-21H,10-11,14H2,1-4H3/b13-12+,18-15+/t17-,20+,21-/m1/s1. The lowest BCUT2D eigenvalue weighted by atomic mass is 9.75. The molecule has 0 aromatic heterocycles. The van der Waals surface area contributed by atoms with Gasteiger partial charge in [-0.3, -0.25) is 0 Å². The molecule has 1 aliphatic rings. The molecule has 1 saturated carbocycles. The summed E-state index contributed by atoms with van der Waals surface area (Å²) in [6.07, 6.45) is 8.22. The van der Waals surface area contributed by atoms with Crippen LogP contribution in [-0.2, 0) is 4.74 Å². The molecule has 1 aromatic rings. The monoisotopic (exact) mass is 330 g/mol. The van der Waals surface area contributed by atoms with E-state index >= 15 is 0 Å². The van der Waals surface area contributed by atoms with Crippen molar-refractivity contribution in [3.63, 3.8) is 0 Å². The van der Waals surface area contributed by atoms with E-state index in [0.29, 0.717) is 17.9 Å². The van der Waals surface area contributed by atoms with Gasteiger partial charge in [-0.15, -0.1) is 0 Å². The van der Waals surface area contributed by atoms with Gasteiger partial charge >= 0.3 is 0 Å². The lowest BCUT2D eigenvalue weighted by Gasteiger charge is -2.36. The van der Waals surface area contributed by atoms with Crippen molar-refractivity contribution in [1.29, 1.82) is 0 Å². The molecule has 2 heteroatoms. The van der Waals surface area contributed by atoms with E-state index in [2.05, 4.69) is 63.4 Å². The molecule has 0 aliphatic heterocycles. The molecule has 0 bridgehead atoms. The Hall–Kier alpha value is -1.15. The van der Waals surface area contributed by atoms with Gasteiger partial charge in [-0.25, -0.2) is 0 Å². The third-order valence-electron chi connectivity index (χ3n) is 4.67. The maximum absolute atomic E-state index is 6.12. The molecule has 0 heterocycles. The van der Waals surface area contributed by atoms with Crippen LogP contribution in [0.25, 0.3) is 0 Å². The topological polar surface area (TPSA) is 9.23 Å². The number of hydrogen-bond donors (Lipinski definition) is 0. The maximum Gasteiger partial charge on any atom is 0.101 e. The van der Waals surface area contributed by atoms with E-state index in [1.807, 2.05) is 12.3 Å². The first-order valence-corrected chi connectivity index (χ1v) is 9.64. The predicted octanol–water partition coefficient (Wildman–Crippen LogP) is 6.67. The van der Waals surface area contributed by atoms with Crippen LogP contribution < -0.4 is 0 Å². The highest BCUT2D eigenvalue weighted by Gasteiger charge is 2.31. The minimum Gasteiger partial charge on any atom is -0.498 e. The SMILES string of the molecule is CC(/C=C/O[C@@H]1C[C@H](C)CC[C@H]1C(C)C)=C\Sc1ccccc1. The highest BCUT2D eigenvalue weighted by Crippen LogP contribution is 2.35. The first kappa shape index (κ1) is 18.2. The van der Waals surface area contributed by atoms with Crippen LogP contribution in [0.3, 0.4) is 0 Å². The zero-order valence-corrected chi connectivity index (χ0v) is 15.7. The number of rotatable bonds is 6. The van der Waals surface area contributed by atoms with Gasteiger partial charge in [0.25, 0.3) is 0 Å². The van der Waals surface area contributed by atoms with Crippen molar-refractivity contribution in [3.8, 4) is 0 Å². The summed E-state index contributed by atoms with van der Waals surface area (Å²) < 4.78 is 6.12. The lowest BCUT2D eigenvalue weighted by molar-refractivity contribution is 0.0136. The predicted molar refractivity (Wildman–Crippen MR) is 101 cm³/mol. The average molecular weight is 331 g/mol. The number of ether oxygens (including phenoxy) is 1. The normalized spacial score (nSPS) is 26.0. The smallest absolute Gasteiger partial charge is 0.101 e. The second kappa shape index (κ2) is 9.22. The largest absolute Gasteiger partial charge is 0.498 e. The average Bonchev–Trinajstić information content (AvgIpc) is 2.54. The van der Waals surface area contributed by atoms with Gasteiger partial charge in [0.1, 0.15) is 6.10 Å². The Morgan fingerprint density at radius 2 is 1.96 bits per heavy atom. The van der Waals surface area contributed by atoms with Crippen molar-refractivity contribution in [3.05, 3.63) is 53.7 Å². The van der Waals surface area contributed by atoms with Gasteiger partial charge in [0.15, 0.2) is 0 Å². The van der Waals surface area contributed by atoms with Crippen molar-refractivity contribution >= 4 is 11.8 Å². The van der Waals surface area contributed by atoms with Gasteiger partial charge in [0.05, 0.1) is 6.26 Å². The molecule has 0 saturated heterocycles. The maximum atomic E-state index is 6.12. The van der Waals surface area contributed by atoms with Gasteiger partial charge in [-0.05, 0) is 66.7 Å². The highest BCUT2D eigenvalue weighted by atomic mass is 32.2. The van der Waals surface area contributed by atoms with E-state index < -0.39 is 0 Å². The fraction of sp³-hybridized carbons (Fsp3) is 0.524. The van der Waals surface area contributed by atoms with Crippen LogP contribution in [0.15, 0.2) is 58.5 Å². The summed E-state index contributed by atoms with van der Waals surface area (Å²) in [6, 6.07) is 10.4. The third-order valence-corrected chi connectivity index (χ3v) is 5.70. The van der Waals surface area contributed by atoms with E-state index in [1.165, 1.54) is 29.7 Å². The van der Waals surface area contributed by atoms with Crippen molar-refractivity contribution in [2.24, 2.45) is 17.8 Å². The molecular weight excluding hydrogens is 300 g/mol. The van der Waals surface area contributed by atoms with E-state index in [9.17, 15) is 0 Å². The molecule has 1 aliphatic carbocycles. The summed E-state index contributed by atoms with van der Waals surface area (Å²) in [5.41, 5.74) is 1.23. The molecule has 0 N–H and O–H groups in total. The van der Waals surface area contributed by atoms with E-state index in [1.54, 1.807) is 11.8 Å². The highest BCUT2D eigenvalue weighted by molar-refractivity contribution is 8.02. The number of benzene rings is 1. The summed E-state index contributed by atoms with van der Waals surface area (Å²) in [7, 11) is 0. The summed E-state index contributed by atoms with van der Waals surface area (Å²) in [4.78, 5) is 1.27. The molecule has 2 rings (SSSR count). The Morgan fingerprint density at radius 1 is 1.22 bits per heavy atom. The summed E-state index contributed by atoms with van der Waals surface area (Å²) in [5, 5.41) is 2.18. The summed E-state index contributed by atoms with van der Waals surface area (Å²) in [5.74, 6) is 2.18. The van der Waals surface area contributed by atoms with Gasteiger partial charge < -0.3 is 4.74 Å². The van der Waals surface area contributed by atoms with Crippen molar-refractivity contribution in [2.75, 3.05) is 0 Å². The molecule has 1 aromatic carbocycles. The minimum atomic E-state index is 0.379.